The Labute approximate surface area is 93.3 Å². The van der Waals surface area contributed by atoms with E-state index < -0.39 is 0 Å². The second kappa shape index (κ2) is 7.20. The first kappa shape index (κ1) is 12.9. The summed E-state index contributed by atoms with van der Waals surface area (Å²) in [5.41, 5.74) is 6.06. The normalized spacial score (nSPS) is 20.0. The molecule has 2 N–H and O–H groups in total. The summed E-state index contributed by atoms with van der Waals surface area (Å²) in [7, 11) is 0. The van der Waals surface area contributed by atoms with Gasteiger partial charge in [0.15, 0.2) is 0 Å². The van der Waals surface area contributed by atoms with Gasteiger partial charge in [0.2, 0.25) is 0 Å². The monoisotopic (exact) mass is 215 g/mol. The van der Waals surface area contributed by atoms with Gasteiger partial charge >= 0.3 is 0 Å². The molecule has 1 saturated carbocycles. The van der Waals surface area contributed by atoms with E-state index in [4.69, 9.17) is 15.2 Å². The van der Waals surface area contributed by atoms with Crippen LogP contribution in [0.25, 0.3) is 0 Å². The number of hydrogen-bond donors (Lipinski definition) is 1. The number of ether oxygens (including phenoxy) is 2. The van der Waals surface area contributed by atoms with E-state index >= 15 is 0 Å². The molecule has 1 fully saturated rings. The smallest absolute Gasteiger partial charge is 0.0703 e. The van der Waals surface area contributed by atoms with E-state index in [1.807, 2.05) is 13.8 Å². The summed E-state index contributed by atoms with van der Waals surface area (Å²) >= 11 is 0. The third kappa shape index (κ3) is 5.50. The minimum atomic E-state index is 0.228. The van der Waals surface area contributed by atoms with Crippen LogP contribution >= 0.6 is 0 Å². The van der Waals surface area contributed by atoms with Gasteiger partial charge in [-0.1, -0.05) is 12.8 Å². The highest BCUT2D eigenvalue weighted by molar-refractivity contribution is 4.77. The zero-order valence-electron chi connectivity index (χ0n) is 10.1. The molecule has 0 aromatic heterocycles. The maximum atomic E-state index is 6.06. The molecule has 0 aliphatic heterocycles. The Balaban J connectivity index is 1.94. The fourth-order valence-corrected chi connectivity index (χ4v) is 2.08. The van der Waals surface area contributed by atoms with Crippen LogP contribution < -0.4 is 5.73 Å². The summed E-state index contributed by atoms with van der Waals surface area (Å²) in [4.78, 5) is 0. The molecule has 0 amide bonds. The van der Waals surface area contributed by atoms with Crippen molar-refractivity contribution in [2.75, 3.05) is 19.8 Å². The molecule has 0 saturated heterocycles. The van der Waals surface area contributed by atoms with Gasteiger partial charge in [0.25, 0.3) is 0 Å². The van der Waals surface area contributed by atoms with E-state index in [9.17, 15) is 0 Å². The number of hydrogen-bond acceptors (Lipinski definition) is 3. The van der Waals surface area contributed by atoms with Crippen molar-refractivity contribution < 1.29 is 9.47 Å². The maximum Gasteiger partial charge on any atom is 0.0703 e. The van der Waals surface area contributed by atoms with Crippen LogP contribution in [0.3, 0.4) is 0 Å². The van der Waals surface area contributed by atoms with Gasteiger partial charge in [0.05, 0.1) is 25.9 Å². The van der Waals surface area contributed by atoms with E-state index in [-0.39, 0.29) is 12.1 Å². The third-order valence-corrected chi connectivity index (χ3v) is 2.99. The fraction of sp³-hybridized carbons (Fsp3) is 1.00. The van der Waals surface area contributed by atoms with E-state index in [0.717, 1.165) is 0 Å². The highest BCUT2D eigenvalue weighted by atomic mass is 16.5. The minimum Gasteiger partial charge on any atom is -0.377 e. The van der Waals surface area contributed by atoms with Crippen LogP contribution in [0.2, 0.25) is 0 Å². The maximum absolute atomic E-state index is 6.06. The van der Waals surface area contributed by atoms with Crippen LogP contribution in [-0.2, 0) is 9.47 Å². The SMILES string of the molecule is CC(C)OCCOCC(N)C1CCCC1. The average Bonchev–Trinajstić information content (AvgIpc) is 2.69. The van der Waals surface area contributed by atoms with Crippen molar-refractivity contribution in [3.63, 3.8) is 0 Å². The Bertz CT molecular complexity index is 156. The standard InChI is InChI=1S/C12H25NO2/c1-10(2)15-8-7-14-9-12(13)11-5-3-4-6-11/h10-12H,3-9,13H2,1-2H3. The van der Waals surface area contributed by atoms with E-state index in [2.05, 4.69) is 0 Å². The van der Waals surface area contributed by atoms with Crippen molar-refractivity contribution in [1.29, 1.82) is 0 Å². The lowest BCUT2D eigenvalue weighted by molar-refractivity contribution is 0.0127. The molecule has 3 heteroatoms. The Hall–Kier alpha value is -0.120. The Morgan fingerprint density at radius 2 is 1.87 bits per heavy atom. The molecule has 90 valence electrons. The first-order chi connectivity index (χ1) is 7.20. The van der Waals surface area contributed by atoms with Crippen molar-refractivity contribution in [1.82, 2.24) is 0 Å². The van der Waals surface area contributed by atoms with Gasteiger partial charge in [-0.2, -0.15) is 0 Å². The molecule has 15 heavy (non-hydrogen) atoms. The Morgan fingerprint density at radius 1 is 1.20 bits per heavy atom. The number of rotatable bonds is 7. The quantitative estimate of drug-likeness (QED) is 0.660. The van der Waals surface area contributed by atoms with E-state index in [1.54, 1.807) is 0 Å². The fourth-order valence-electron chi connectivity index (χ4n) is 2.08. The molecular formula is C12H25NO2. The van der Waals surface area contributed by atoms with Gasteiger partial charge in [-0.15, -0.1) is 0 Å². The molecule has 0 heterocycles. The first-order valence-electron chi connectivity index (χ1n) is 6.15. The minimum absolute atomic E-state index is 0.228. The van der Waals surface area contributed by atoms with Crippen molar-refractivity contribution >= 4 is 0 Å². The molecule has 0 spiro atoms. The van der Waals surface area contributed by atoms with Crippen molar-refractivity contribution in [2.45, 2.75) is 51.7 Å². The van der Waals surface area contributed by atoms with Gasteiger partial charge in [-0.3, -0.25) is 0 Å². The molecule has 0 aromatic rings. The summed E-state index contributed by atoms with van der Waals surface area (Å²) < 4.78 is 10.9. The molecule has 0 bridgehead atoms. The highest BCUT2D eigenvalue weighted by Crippen LogP contribution is 2.26. The van der Waals surface area contributed by atoms with Gasteiger partial charge in [0.1, 0.15) is 0 Å². The van der Waals surface area contributed by atoms with Gasteiger partial charge in [-0.05, 0) is 32.6 Å². The second-order valence-corrected chi connectivity index (χ2v) is 4.70. The van der Waals surface area contributed by atoms with Gasteiger partial charge in [0, 0.05) is 6.04 Å². The average molecular weight is 215 g/mol. The van der Waals surface area contributed by atoms with Crippen LogP contribution in [0.15, 0.2) is 0 Å². The Kier molecular flexibility index (Phi) is 6.22. The lowest BCUT2D eigenvalue weighted by Crippen LogP contribution is -2.33. The lowest BCUT2D eigenvalue weighted by atomic mass is 10.00. The van der Waals surface area contributed by atoms with Crippen LogP contribution in [0.4, 0.5) is 0 Å². The summed E-state index contributed by atoms with van der Waals surface area (Å²) in [5.74, 6) is 0.691. The molecule has 1 aliphatic rings. The molecule has 1 aliphatic carbocycles. The van der Waals surface area contributed by atoms with Crippen molar-refractivity contribution in [3.05, 3.63) is 0 Å². The van der Waals surface area contributed by atoms with E-state index in [1.165, 1.54) is 25.7 Å². The zero-order valence-corrected chi connectivity index (χ0v) is 10.1. The summed E-state index contributed by atoms with van der Waals surface area (Å²) in [5, 5.41) is 0. The van der Waals surface area contributed by atoms with Crippen LogP contribution in [0, 0.1) is 5.92 Å². The summed E-state index contributed by atoms with van der Waals surface area (Å²) in [6.45, 7) is 6.09. The molecule has 1 rings (SSSR count). The molecule has 1 atom stereocenters. The first-order valence-corrected chi connectivity index (χ1v) is 6.15. The predicted octanol–water partition coefficient (Wildman–Crippen LogP) is 1.95. The topological polar surface area (TPSA) is 44.5 Å². The molecule has 3 nitrogen and oxygen atoms in total. The summed E-state index contributed by atoms with van der Waals surface area (Å²) in [6, 6.07) is 0.228. The Morgan fingerprint density at radius 3 is 2.47 bits per heavy atom. The predicted molar refractivity (Wildman–Crippen MR) is 61.8 cm³/mol. The highest BCUT2D eigenvalue weighted by Gasteiger charge is 2.21. The van der Waals surface area contributed by atoms with E-state index in [0.29, 0.717) is 25.7 Å². The van der Waals surface area contributed by atoms with Crippen LogP contribution in [0.1, 0.15) is 39.5 Å². The summed E-state index contributed by atoms with van der Waals surface area (Å²) in [6.07, 6.45) is 5.54. The lowest BCUT2D eigenvalue weighted by Gasteiger charge is -2.18. The largest absolute Gasteiger partial charge is 0.377 e. The van der Waals surface area contributed by atoms with Gasteiger partial charge in [-0.25, -0.2) is 0 Å². The molecule has 0 radical (unpaired) electrons. The van der Waals surface area contributed by atoms with Crippen molar-refractivity contribution in [2.24, 2.45) is 11.7 Å². The number of nitrogens with two attached hydrogens (primary N) is 1. The third-order valence-electron chi connectivity index (χ3n) is 2.99. The van der Waals surface area contributed by atoms with Crippen molar-refractivity contribution in [3.8, 4) is 0 Å². The van der Waals surface area contributed by atoms with Crippen LogP contribution in [-0.4, -0.2) is 32.0 Å². The zero-order chi connectivity index (χ0) is 11.1. The molecular weight excluding hydrogens is 190 g/mol. The molecule has 0 aromatic carbocycles. The molecule has 1 unspecified atom stereocenters. The van der Waals surface area contributed by atoms with Crippen LogP contribution in [0.5, 0.6) is 0 Å². The second-order valence-electron chi connectivity index (χ2n) is 4.70. The van der Waals surface area contributed by atoms with Gasteiger partial charge < -0.3 is 15.2 Å².